The minimum absolute atomic E-state index is 0.784. The number of amidine groups is 1. The van der Waals surface area contributed by atoms with Crippen LogP contribution in [-0.4, -0.2) is 38.0 Å². The minimum atomic E-state index is 0.784. The summed E-state index contributed by atoms with van der Waals surface area (Å²) >= 11 is 0. The van der Waals surface area contributed by atoms with Gasteiger partial charge in [-0.3, -0.25) is 9.98 Å². The smallest absolute Gasteiger partial charge is 0.180 e. The van der Waals surface area contributed by atoms with Gasteiger partial charge in [-0.25, -0.2) is 0 Å². The molecule has 2 heterocycles. The SMILES string of the molecule is CC1=NCCN1.CC1=NCCO1. The van der Waals surface area contributed by atoms with Gasteiger partial charge >= 0.3 is 0 Å². The zero-order valence-electron chi connectivity index (χ0n) is 7.63. The summed E-state index contributed by atoms with van der Waals surface area (Å²) in [5.41, 5.74) is 0. The lowest BCUT2D eigenvalue weighted by Gasteiger charge is -1.86. The molecule has 0 unspecified atom stereocenters. The molecule has 0 fully saturated rings. The van der Waals surface area contributed by atoms with Gasteiger partial charge in [0.1, 0.15) is 6.61 Å². The number of ether oxygens (including phenoxy) is 1. The molecule has 0 spiro atoms. The Kier molecular flexibility index (Phi) is 3.57. The van der Waals surface area contributed by atoms with Crippen LogP contribution in [0.1, 0.15) is 13.8 Å². The van der Waals surface area contributed by atoms with Crippen LogP contribution in [0, 0.1) is 0 Å². The second-order valence-electron chi connectivity index (χ2n) is 2.64. The van der Waals surface area contributed by atoms with Gasteiger partial charge in [0.2, 0.25) is 0 Å². The van der Waals surface area contributed by atoms with Gasteiger partial charge in [-0.05, 0) is 6.92 Å². The fraction of sp³-hybridized carbons (Fsp3) is 0.750. The number of rotatable bonds is 0. The third-order valence-corrected chi connectivity index (χ3v) is 1.58. The van der Waals surface area contributed by atoms with Gasteiger partial charge < -0.3 is 10.1 Å². The maximum absolute atomic E-state index is 4.90. The highest BCUT2D eigenvalue weighted by Crippen LogP contribution is 1.89. The van der Waals surface area contributed by atoms with Crippen LogP contribution in [-0.2, 0) is 4.74 Å². The molecular weight excluding hydrogens is 154 g/mol. The van der Waals surface area contributed by atoms with Gasteiger partial charge in [-0.1, -0.05) is 0 Å². The van der Waals surface area contributed by atoms with Crippen molar-refractivity contribution in [1.82, 2.24) is 5.32 Å². The third kappa shape index (κ3) is 3.37. The normalized spacial score (nSPS) is 19.8. The second-order valence-corrected chi connectivity index (χ2v) is 2.64. The molecule has 0 aliphatic carbocycles. The van der Waals surface area contributed by atoms with Crippen molar-refractivity contribution in [1.29, 1.82) is 0 Å². The molecule has 1 N–H and O–H groups in total. The average molecular weight is 169 g/mol. The van der Waals surface area contributed by atoms with Crippen molar-refractivity contribution in [2.75, 3.05) is 26.2 Å². The van der Waals surface area contributed by atoms with E-state index in [-0.39, 0.29) is 0 Å². The number of nitrogens with zero attached hydrogens (tertiary/aromatic N) is 2. The molecule has 4 nitrogen and oxygen atoms in total. The molecule has 2 aliphatic heterocycles. The molecule has 0 saturated heterocycles. The Bertz CT molecular complexity index is 176. The highest BCUT2D eigenvalue weighted by atomic mass is 16.5. The summed E-state index contributed by atoms with van der Waals surface area (Å²) in [5.74, 6) is 1.91. The van der Waals surface area contributed by atoms with Crippen LogP contribution >= 0.6 is 0 Å². The minimum Gasteiger partial charge on any atom is -0.479 e. The Morgan fingerprint density at radius 1 is 1.25 bits per heavy atom. The van der Waals surface area contributed by atoms with E-state index in [9.17, 15) is 0 Å². The maximum atomic E-state index is 4.90. The number of aliphatic imine (C=N–C) groups is 2. The molecule has 0 amide bonds. The van der Waals surface area contributed by atoms with Crippen molar-refractivity contribution in [3.8, 4) is 0 Å². The van der Waals surface area contributed by atoms with Gasteiger partial charge in [0.25, 0.3) is 0 Å². The molecule has 68 valence electrons. The highest BCUT2D eigenvalue weighted by molar-refractivity contribution is 5.80. The van der Waals surface area contributed by atoms with Crippen LogP contribution in [0.5, 0.6) is 0 Å². The van der Waals surface area contributed by atoms with E-state index >= 15 is 0 Å². The summed E-state index contributed by atoms with van der Waals surface area (Å²) in [4.78, 5) is 7.97. The quantitative estimate of drug-likeness (QED) is 0.572. The predicted molar refractivity (Wildman–Crippen MR) is 49.9 cm³/mol. The first kappa shape index (κ1) is 9.03. The van der Waals surface area contributed by atoms with E-state index in [4.69, 9.17) is 4.74 Å². The summed E-state index contributed by atoms with van der Waals surface area (Å²) in [6.45, 7) is 7.48. The predicted octanol–water partition coefficient (Wildman–Crippen LogP) is 0.443. The number of nitrogens with one attached hydrogen (secondary N) is 1. The van der Waals surface area contributed by atoms with Crippen LogP contribution in [0.2, 0.25) is 0 Å². The first-order valence-electron chi connectivity index (χ1n) is 4.18. The first-order chi connectivity index (χ1) is 5.79. The highest BCUT2D eigenvalue weighted by Gasteiger charge is 1.96. The standard InChI is InChI=1S/C4H8N2.C4H7NO/c2*1-4-5-2-3-6-4/h2-3H2,1H3,(H,5,6);2-3H2,1H3. The van der Waals surface area contributed by atoms with Crippen LogP contribution in [0.3, 0.4) is 0 Å². The number of hydrogen-bond donors (Lipinski definition) is 1. The third-order valence-electron chi connectivity index (χ3n) is 1.58. The van der Waals surface area contributed by atoms with Crippen LogP contribution in [0.15, 0.2) is 9.98 Å². The van der Waals surface area contributed by atoms with Crippen molar-refractivity contribution in [2.45, 2.75) is 13.8 Å². The van der Waals surface area contributed by atoms with E-state index in [1.54, 1.807) is 0 Å². The molecule has 12 heavy (non-hydrogen) atoms. The summed E-state index contributed by atoms with van der Waals surface area (Å²) in [5, 5.41) is 3.07. The molecule has 0 aromatic carbocycles. The summed E-state index contributed by atoms with van der Waals surface area (Å²) in [7, 11) is 0. The molecule has 0 bridgehead atoms. The Morgan fingerprint density at radius 2 is 2.08 bits per heavy atom. The Balaban J connectivity index is 0.000000120. The lowest BCUT2D eigenvalue weighted by molar-refractivity contribution is 0.345. The zero-order chi connectivity index (χ0) is 8.81. The summed E-state index contributed by atoms with van der Waals surface area (Å²) in [6.07, 6.45) is 0. The van der Waals surface area contributed by atoms with Gasteiger partial charge in [0.05, 0.1) is 18.9 Å². The van der Waals surface area contributed by atoms with Gasteiger partial charge in [0, 0.05) is 13.5 Å². The van der Waals surface area contributed by atoms with E-state index in [1.165, 1.54) is 0 Å². The van der Waals surface area contributed by atoms with Crippen molar-refractivity contribution in [3.63, 3.8) is 0 Å². The monoisotopic (exact) mass is 169 g/mol. The van der Waals surface area contributed by atoms with E-state index in [1.807, 2.05) is 13.8 Å². The fourth-order valence-electron chi connectivity index (χ4n) is 0.958. The zero-order valence-corrected chi connectivity index (χ0v) is 7.63. The Hall–Kier alpha value is -1.06. The molecule has 2 rings (SSSR count). The van der Waals surface area contributed by atoms with Crippen LogP contribution in [0.25, 0.3) is 0 Å². The largest absolute Gasteiger partial charge is 0.479 e. The topological polar surface area (TPSA) is 46.0 Å². The molecular formula is C8H15N3O. The van der Waals surface area contributed by atoms with Gasteiger partial charge in [-0.2, -0.15) is 0 Å². The van der Waals surface area contributed by atoms with E-state index in [2.05, 4.69) is 15.3 Å². The van der Waals surface area contributed by atoms with Crippen molar-refractivity contribution in [3.05, 3.63) is 0 Å². The fourth-order valence-corrected chi connectivity index (χ4v) is 0.958. The average Bonchev–Trinajstić information content (AvgIpc) is 2.63. The molecule has 0 atom stereocenters. The first-order valence-corrected chi connectivity index (χ1v) is 4.18. The van der Waals surface area contributed by atoms with Gasteiger partial charge in [-0.15, -0.1) is 0 Å². The van der Waals surface area contributed by atoms with Gasteiger partial charge in [0.15, 0.2) is 5.90 Å². The van der Waals surface area contributed by atoms with Crippen molar-refractivity contribution >= 4 is 11.7 Å². The molecule has 0 radical (unpaired) electrons. The van der Waals surface area contributed by atoms with Crippen molar-refractivity contribution in [2.24, 2.45) is 9.98 Å². The molecule has 4 heteroatoms. The lowest BCUT2D eigenvalue weighted by atomic mass is 10.7. The van der Waals surface area contributed by atoms with E-state index in [0.717, 1.165) is 38.0 Å². The number of hydrogen-bond acceptors (Lipinski definition) is 4. The lowest BCUT2D eigenvalue weighted by Crippen LogP contribution is -2.13. The van der Waals surface area contributed by atoms with E-state index in [0.29, 0.717) is 0 Å². The van der Waals surface area contributed by atoms with E-state index < -0.39 is 0 Å². The van der Waals surface area contributed by atoms with Crippen LogP contribution in [0.4, 0.5) is 0 Å². The Morgan fingerprint density at radius 3 is 2.25 bits per heavy atom. The summed E-state index contributed by atoms with van der Waals surface area (Å²) in [6, 6.07) is 0. The van der Waals surface area contributed by atoms with Crippen LogP contribution < -0.4 is 5.32 Å². The molecule has 0 aromatic rings. The molecule has 0 aromatic heterocycles. The summed E-state index contributed by atoms with van der Waals surface area (Å²) < 4.78 is 4.90. The second kappa shape index (κ2) is 4.74. The maximum Gasteiger partial charge on any atom is 0.180 e. The van der Waals surface area contributed by atoms with Crippen molar-refractivity contribution < 1.29 is 4.74 Å². The Labute approximate surface area is 72.7 Å². The molecule has 0 saturated carbocycles. The molecule has 2 aliphatic rings.